The Morgan fingerprint density at radius 3 is 2.09 bits per heavy atom. The van der Waals surface area contributed by atoms with Crippen molar-refractivity contribution in [2.45, 2.75) is 53.5 Å². The number of nitriles is 3. The predicted octanol–water partition coefficient (Wildman–Crippen LogP) is 4.45. The van der Waals surface area contributed by atoms with Crippen molar-refractivity contribution in [3.63, 3.8) is 0 Å². The molecule has 4 heteroatoms. The molecule has 1 rings (SSSR count). The Morgan fingerprint density at radius 1 is 1.00 bits per heavy atom. The lowest BCUT2D eigenvalue weighted by atomic mass is 9.94. The van der Waals surface area contributed by atoms with Gasteiger partial charge in [-0.05, 0) is 23.8 Å². The van der Waals surface area contributed by atoms with E-state index in [1.165, 1.54) is 0 Å². The molecule has 4 nitrogen and oxygen atoms in total. The van der Waals surface area contributed by atoms with E-state index in [2.05, 4.69) is 44.5 Å². The average molecular weight is 308 g/mol. The minimum Gasteiger partial charge on any atom is -0.353 e. The number of aromatic nitrogens is 1. The van der Waals surface area contributed by atoms with Gasteiger partial charge in [0.1, 0.15) is 23.8 Å². The van der Waals surface area contributed by atoms with Crippen LogP contribution in [-0.4, -0.2) is 4.57 Å². The molecule has 0 spiro atoms. The van der Waals surface area contributed by atoms with Crippen LogP contribution in [0.1, 0.15) is 51.7 Å². The van der Waals surface area contributed by atoms with Gasteiger partial charge >= 0.3 is 0 Å². The van der Waals surface area contributed by atoms with Gasteiger partial charge in [-0.25, -0.2) is 0 Å². The number of rotatable bonds is 7. The third-order valence-corrected chi connectivity index (χ3v) is 4.30. The summed E-state index contributed by atoms with van der Waals surface area (Å²) in [5.41, 5.74) is 1.85. The standard InChI is InChI=1S/C19H24N4/c1-5-14(3)7-16-12-23(11-15(4)6-2)13-19(16)18(10-22)17(8-20)9-21/h12-15H,5-7,11H2,1-4H3. The summed E-state index contributed by atoms with van der Waals surface area (Å²) in [6.07, 6.45) is 6.95. The van der Waals surface area contributed by atoms with Gasteiger partial charge in [0.2, 0.25) is 0 Å². The summed E-state index contributed by atoms with van der Waals surface area (Å²) in [5, 5.41) is 27.7. The Kier molecular flexibility index (Phi) is 7.11. The van der Waals surface area contributed by atoms with E-state index in [4.69, 9.17) is 10.5 Å². The lowest BCUT2D eigenvalue weighted by Gasteiger charge is -2.09. The van der Waals surface area contributed by atoms with Crippen LogP contribution in [0.4, 0.5) is 0 Å². The molecule has 0 N–H and O–H groups in total. The van der Waals surface area contributed by atoms with Crippen molar-refractivity contribution in [2.75, 3.05) is 0 Å². The number of hydrogen-bond donors (Lipinski definition) is 0. The number of hydrogen-bond acceptors (Lipinski definition) is 3. The van der Waals surface area contributed by atoms with Crippen LogP contribution < -0.4 is 0 Å². The number of nitrogens with zero attached hydrogens (tertiary/aromatic N) is 4. The highest BCUT2D eigenvalue weighted by Gasteiger charge is 2.17. The normalized spacial score (nSPS) is 12.6. The van der Waals surface area contributed by atoms with E-state index < -0.39 is 0 Å². The summed E-state index contributed by atoms with van der Waals surface area (Å²) in [7, 11) is 0. The maximum atomic E-state index is 9.45. The van der Waals surface area contributed by atoms with E-state index in [-0.39, 0.29) is 11.1 Å². The zero-order chi connectivity index (χ0) is 17.4. The van der Waals surface area contributed by atoms with Crippen LogP contribution >= 0.6 is 0 Å². The predicted molar refractivity (Wildman–Crippen MR) is 90.8 cm³/mol. The van der Waals surface area contributed by atoms with Gasteiger partial charge in [-0.1, -0.05) is 40.5 Å². The molecule has 0 fully saturated rings. The Bertz CT molecular complexity index is 672. The maximum Gasteiger partial charge on any atom is 0.148 e. The van der Waals surface area contributed by atoms with Gasteiger partial charge in [0, 0.05) is 24.5 Å². The SMILES string of the molecule is CCC(C)Cc1cn(CC(C)CC)cc1C(C#N)=C(C#N)C#N. The Morgan fingerprint density at radius 2 is 1.61 bits per heavy atom. The zero-order valence-electron chi connectivity index (χ0n) is 14.4. The van der Waals surface area contributed by atoms with Gasteiger partial charge in [-0.3, -0.25) is 0 Å². The van der Waals surface area contributed by atoms with E-state index in [1.807, 2.05) is 18.3 Å². The highest BCUT2D eigenvalue weighted by Crippen LogP contribution is 2.26. The molecule has 0 aliphatic rings. The first kappa shape index (κ1) is 18.5. The molecule has 0 saturated heterocycles. The summed E-state index contributed by atoms with van der Waals surface area (Å²) < 4.78 is 2.09. The van der Waals surface area contributed by atoms with E-state index in [0.717, 1.165) is 36.9 Å². The van der Waals surface area contributed by atoms with Crippen molar-refractivity contribution in [1.29, 1.82) is 15.8 Å². The van der Waals surface area contributed by atoms with Crippen LogP contribution in [0.15, 0.2) is 18.0 Å². The number of allylic oxidation sites excluding steroid dienone is 2. The second-order valence-corrected chi connectivity index (χ2v) is 6.21. The van der Waals surface area contributed by atoms with Gasteiger partial charge in [0.25, 0.3) is 0 Å². The summed E-state index contributed by atoms with van der Waals surface area (Å²) in [4.78, 5) is 0. The lowest BCUT2D eigenvalue weighted by molar-refractivity contribution is 0.468. The van der Waals surface area contributed by atoms with Crippen molar-refractivity contribution in [1.82, 2.24) is 4.57 Å². The van der Waals surface area contributed by atoms with Crippen LogP contribution in [0.25, 0.3) is 5.57 Å². The summed E-state index contributed by atoms with van der Waals surface area (Å²) in [5.74, 6) is 1.02. The Labute approximate surface area is 139 Å². The van der Waals surface area contributed by atoms with Gasteiger partial charge < -0.3 is 4.57 Å². The summed E-state index contributed by atoms with van der Waals surface area (Å²) >= 11 is 0. The van der Waals surface area contributed by atoms with Gasteiger partial charge in [-0.15, -0.1) is 0 Å². The minimum atomic E-state index is -0.112. The molecule has 1 aromatic heterocycles. The molecule has 120 valence electrons. The third kappa shape index (κ3) is 4.73. The largest absolute Gasteiger partial charge is 0.353 e. The third-order valence-electron chi connectivity index (χ3n) is 4.30. The Balaban J connectivity index is 3.38. The Hall–Kier alpha value is -2.51. The van der Waals surface area contributed by atoms with Gasteiger partial charge in [0.05, 0.1) is 5.57 Å². The fourth-order valence-electron chi connectivity index (χ4n) is 2.45. The van der Waals surface area contributed by atoms with E-state index in [9.17, 15) is 5.26 Å². The van der Waals surface area contributed by atoms with E-state index in [0.29, 0.717) is 11.8 Å². The first-order valence-corrected chi connectivity index (χ1v) is 8.14. The van der Waals surface area contributed by atoms with Crippen LogP contribution in [-0.2, 0) is 13.0 Å². The smallest absolute Gasteiger partial charge is 0.148 e. The molecular weight excluding hydrogens is 284 g/mol. The van der Waals surface area contributed by atoms with Crippen molar-refractivity contribution < 1.29 is 0 Å². The molecule has 0 aliphatic carbocycles. The monoisotopic (exact) mass is 308 g/mol. The molecule has 1 heterocycles. The molecule has 23 heavy (non-hydrogen) atoms. The topological polar surface area (TPSA) is 76.3 Å². The summed E-state index contributed by atoms with van der Waals surface area (Å²) in [6.45, 7) is 9.51. The van der Waals surface area contributed by atoms with Crippen LogP contribution in [0, 0.1) is 45.8 Å². The molecule has 1 aromatic rings. The summed E-state index contributed by atoms with van der Waals surface area (Å²) in [6, 6.07) is 5.74. The second kappa shape index (κ2) is 8.82. The molecule has 0 bridgehead atoms. The van der Waals surface area contributed by atoms with Gasteiger partial charge in [-0.2, -0.15) is 15.8 Å². The first-order chi connectivity index (χ1) is 11.0. The second-order valence-electron chi connectivity index (χ2n) is 6.21. The molecular formula is C19H24N4. The quantitative estimate of drug-likeness (QED) is 0.698. The molecule has 0 aliphatic heterocycles. The van der Waals surface area contributed by atoms with Crippen LogP contribution in [0.2, 0.25) is 0 Å². The van der Waals surface area contributed by atoms with Crippen molar-refractivity contribution in [2.24, 2.45) is 11.8 Å². The van der Waals surface area contributed by atoms with Crippen molar-refractivity contribution in [3.8, 4) is 18.2 Å². The van der Waals surface area contributed by atoms with Crippen LogP contribution in [0.5, 0.6) is 0 Å². The lowest BCUT2D eigenvalue weighted by Crippen LogP contribution is -2.04. The zero-order valence-corrected chi connectivity index (χ0v) is 14.4. The van der Waals surface area contributed by atoms with E-state index in [1.54, 1.807) is 0 Å². The molecule has 2 atom stereocenters. The first-order valence-electron chi connectivity index (χ1n) is 8.14. The molecule has 2 unspecified atom stereocenters. The molecule has 0 radical (unpaired) electrons. The average Bonchev–Trinajstić information content (AvgIpc) is 2.93. The van der Waals surface area contributed by atoms with Gasteiger partial charge in [0.15, 0.2) is 0 Å². The van der Waals surface area contributed by atoms with E-state index >= 15 is 0 Å². The molecule has 0 saturated carbocycles. The van der Waals surface area contributed by atoms with Crippen molar-refractivity contribution >= 4 is 5.57 Å². The highest BCUT2D eigenvalue weighted by atomic mass is 14.9. The maximum absolute atomic E-state index is 9.45. The fourth-order valence-corrected chi connectivity index (χ4v) is 2.45. The molecule has 0 amide bonds. The minimum absolute atomic E-state index is 0.112. The van der Waals surface area contributed by atoms with Crippen molar-refractivity contribution in [3.05, 3.63) is 29.1 Å². The fraction of sp³-hybridized carbons (Fsp3) is 0.526. The molecule has 0 aromatic carbocycles. The highest BCUT2D eigenvalue weighted by molar-refractivity contribution is 5.85. The van der Waals surface area contributed by atoms with Crippen LogP contribution in [0.3, 0.4) is 0 Å².